The summed E-state index contributed by atoms with van der Waals surface area (Å²) in [6.45, 7) is 2.92. The lowest BCUT2D eigenvalue weighted by molar-refractivity contribution is -0.120. The largest absolute Gasteiger partial charge is 0.375 e. The van der Waals surface area contributed by atoms with E-state index in [9.17, 15) is 9.59 Å². The molecule has 0 spiro atoms. The van der Waals surface area contributed by atoms with Crippen molar-refractivity contribution in [2.45, 2.75) is 32.6 Å². The molecule has 114 valence electrons. The normalized spacial score (nSPS) is 14.0. The maximum atomic E-state index is 12.1. The van der Waals surface area contributed by atoms with Crippen LogP contribution in [-0.2, 0) is 20.7 Å². The highest BCUT2D eigenvalue weighted by Crippen LogP contribution is 2.30. The van der Waals surface area contributed by atoms with Crippen molar-refractivity contribution < 1.29 is 14.3 Å². The van der Waals surface area contributed by atoms with Crippen molar-refractivity contribution in [3.8, 4) is 0 Å². The van der Waals surface area contributed by atoms with Gasteiger partial charge in [0, 0.05) is 31.5 Å². The van der Waals surface area contributed by atoms with E-state index in [4.69, 9.17) is 4.74 Å². The number of ether oxygens (including phenoxy) is 1. The lowest BCUT2D eigenvalue weighted by Crippen LogP contribution is -2.35. The first kappa shape index (κ1) is 15.5. The first-order valence-corrected chi connectivity index (χ1v) is 7.37. The van der Waals surface area contributed by atoms with Gasteiger partial charge in [-0.25, -0.2) is 0 Å². The highest BCUT2D eigenvalue weighted by molar-refractivity contribution is 5.97. The third-order valence-electron chi connectivity index (χ3n) is 3.57. The minimum Gasteiger partial charge on any atom is -0.375 e. The topological polar surface area (TPSA) is 58.6 Å². The smallest absolute Gasteiger partial charge is 0.250 e. The molecule has 0 aliphatic carbocycles. The van der Waals surface area contributed by atoms with E-state index >= 15 is 0 Å². The standard InChI is InChI=1S/C16H22N2O3/c1-3-4-9-18-14-7-6-13(17-15(19)11-21-2)10-12(14)5-8-16(18)20/h6-7,10H,3-5,8-9,11H2,1-2H3,(H,17,19). The summed E-state index contributed by atoms with van der Waals surface area (Å²) in [5, 5.41) is 2.79. The van der Waals surface area contributed by atoms with Crippen LogP contribution in [0, 0.1) is 0 Å². The van der Waals surface area contributed by atoms with Crippen LogP contribution in [0.15, 0.2) is 18.2 Å². The van der Waals surface area contributed by atoms with Gasteiger partial charge in [-0.15, -0.1) is 0 Å². The van der Waals surface area contributed by atoms with Crippen LogP contribution in [0.2, 0.25) is 0 Å². The SMILES string of the molecule is CCCCN1C(=O)CCc2cc(NC(=O)COC)ccc21. The number of benzene rings is 1. The summed E-state index contributed by atoms with van der Waals surface area (Å²) in [5.41, 5.74) is 2.84. The Morgan fingerprint density at radius 3 is 2.90 bits per heavy atom. The van der Waals surface area contributed by atoms with Gasteiger partial charge < -0.3 is 15.0 Å². The second-order valence-corrected chi connectivity index (χ2v) is 5.22. The molecule has 0 aromatic heterocycles. The first-order chi connectivity index (χ1) is 10.2. The van der Waals surface area contributed by atoms with Gasteiger partial charge in [-0.3, -0.25) is 9.59 Å². The molecule has 1 N–H and O–H groups in total. The molecular weight excluding hydrogens is 268 g/mol. The number of nitrogens with zero attached hydrogens (tertiary/aromatic N) is 1. The molecule has 1 aliphatic rings. The Balaban J connectivity index is 2.16. The van der Waals surface area contributed by atoms with E-state index in [1.807, 2.05) is 23.1 Å². The molecule has 0 bridgehead atoms. The Hall–Kier alpha value is -1.88. The summed E-state index contributed by atoms with van der Waals surface area (Å²) < 4.78 is 4.80. The number of fused-ring (bicyclic) bond motifs is 1. The highest BCUT2D eigenvalue weighted by atomic mass is 16.5. The van der Waals surface area contributed by atoms with Crippen LogP contribution in [0.5, 0.6) is 0 Å². The van der Waals surface area contributed by atoms with Crippen LogP contribution in [0.1, 0.15) is 31.7 Å². The Bertz CT molecular complexity index is 528. The van der Waals surface area contributed by atoms with Gasteiger partial charge in [0.1, 0.15) is 6.61 Å². The van der Waals surface area contributed by atoms with Gasteiger partial charge in [0.15, 0.2) is 0 Å². The monoisotopic (exact) mass is 290 g/mol. The van der Waals surface area contributed by atoms with E-state index in [2.05, 4.69) is 12.2 Å². The number of carbonyl (C=O) groups is 2. The average Bonchev–Trinajstić information content (AvgIpc) is 2.46. The number of amides is 2. The molecule has 2 rings (SSSR count). The lowest BCUT2D eigenvalue weighted by Gasteiger charge is -2.29. The van der Waals surface area contributed by atoms with Gasteiger partial charge in [-0.2, -0.15) is 0 Å². The fourth-order valence-electron chi connectivity index (χ4n) is 2.53. The number of rotatable bonds is 6. The summed E-state index contributed by atoms with van der Waals surface area (Å²) in [6, 6.07) is 5.71. The van der Waals surface area contributed by atoms with Gasteiger partial charge in [-0.05, 0) is 36.6 Å². The number of unbranched alkanes of at least 4 members (excludes halogenated alkanes) is 1. The number of methoxy groups -OCH3 is 1. The molecule has 0 unspecified atom stereocenters. The Labute approximate surface area is 125 Å². The van der Waals surface area contributed by atoms with Crippen LogP contribution >= 0.6 is 0 Å². The number of hydrogen-bond donors (Lipinski definition) is 1. The van der Waals surface area contributed by atoms with E-state index in [1.54, 1.807) is 0 Å². The van der Waals surface area contributed by atoms with Crippen molar-refractivity contribution in [2.24, 2.45) is 0 Å². The molecule has 5 nitrogen and oxygen atoms in total. The Morgan fingerprint density at radius 1 is 1.38 bits per heavy atom. The summed E-state index contributed by atoms with van der Waals surface area (Å²) in [7, 11) is 1.49. The van der Waals surface area contributed by atoms with Gasteiger partial charge in [0.05, 0.1) is 0 Å². The van der Waals surface area contributed by atoms with E-state index in [-0.39, 0.29) is 18.4 Å². The summed E-state index contributed by atoms with van der Waals surface area (Å²) >= 11 is 0. The number of nitrogens with one attached hydrogen (secondary N) is 1. The molecule has 0 fully saturated rings. The molecule has 21 heavy (non-hydrogen) atoms. The molecule has 0 saturated heterocycles. The fourth-order valence-corrected chi connectivity index (χ4v) is 2.53. The number of aryl methyl sites for hydroxylation is 1. The third-order valence-corrected chi connectivity index (χ3v) is 3.57. The lowest BCUT2D eigenvalue weighted by atomic mass is 10.00. The minimum atomic E-state index is -0.174. The van der Waals surface area contributed by atoms with Crippen molar-refractivity contribution in [3.05, 3.63) is 23.8 Å². The van der Waals surface area contributed by atoms with Crippen LogP contribution in [0.4, 0.5) is 11.4 Å². The molecule has 0 saturated carbocycles. The molecule has 1 aliphatic heterocycles. The van der Waals surface area contributed by atoms with Crippen molar-refractivity contribution >= 4 is 23.2 Å². The summed E-state index contributed by atoms with van der Waals surface area (Å²) in [6.07, 6.45) is 3.32. The first-order valence-electron chi connectivity index (χ1n) is 7.37. The second-order valence-electron chi connectivity index (χ2n) is 5.22. The zero-order valence-electron chi connectivity index (χ0n) is 12.6. The van der Waals surface area contributed by atoms with Crippen molar-refractivity contribution in [1.29, 1.82) is 0 Å². The maximum Gasteiger partial charge on any atom is 0.250 e. The summed E-state index contributed by atoms with van der Waals surface area (Å²) in [5.74, 6) is 0.0132. The highest BCUT2D eigenvalue weighted by Gasteiger charge is 2.23. The quantitative estimate of drug-likeness (QED) is 0.875. The second kappa shape index (κ2) is 7.22. The Morgan fingerprint density at radius 2 is 2.19 bits per heavy atom. The van der Waals surface area contributed by atoms with Crippen LogP contribution in [0.3, 0.4) is 0 Å². The van der Waals surface area contributed by atoms with E-state index in [1.165, 1.54) is 7.11 Å². The molecule has 1 aromatic carbocycles. The van der Waals surface area contributed by atoms with Gasteiger partial charge in [0.25, 0.3) is 0 Å². The zero-order valence-corrected chi connectivity index (χ0v) is 12.6. The van der Waals surface area contributed by atoms with Gasteiger partial charge >= 0.3 is 0 Å². The minimum absolute atomic E-state index is 0.0399. The van der Waals surface area contributed by atoms with Crippen LogP contribution < -0.4 is 10.2 Å². The third kappa shape index (κ3) is 3.82. The van der Waals surface area contributed by atoms with Crippen LogP contribution in [-0.4, -0.2) is 32.1 Å². The van der Waals surface area contributed by atoms with E-state index < -0.39 is 0 Å². The molecule has 0 radical (unpaired) electrons. The molecular formula is C16H22N2O3. The summed E-state index contributed by atoms with van der Waals surface area (Å²) in [4.78, 5) is 25.5. The van der Waals surface area contributed by atoms with Crippen molar-refractivity contribution in [2.75, 3.05) is 30.5 Å². The van der Waals surface area contributed by atoms with Crippen molar-refractivity contribution in [3.63, 3.8) is 0 Å². The van der Waals surface area contributed by atoms with Gasteiger partial charge in [-0.1, -0.05) is 13.3 Å². The molecule has 5 heteroatoms. The molecule has 2 amide bonds. The molecule has 0 atom stereocenters. The fraction of sp³-hybridized carbons (Fsp3) is 0.500. The predicted octanol–water partition coefficient (Wildman–Crippen LogP) is 2.35. The number of hydrogen-bond acceptors (Lipinski definition) is 3. The van der Waals surface area contributed by atoms with Crippen molar-refractivity contribution in [1.82, 2.24) is 0 Å². The molecule has 1 heterocycles. The molecule has 1 aromatic rings. The average molecular weight is 290 g/mol. The predicted molar refractivity (Wildman–Crippen MR) is 82.5 cm³/mol. The number of anilines is 2. The van der Waals surface area contributed by atoms with Crippen LogP contribution in [0.25, 0.3) is 0 Å². The van der Waals surface area contributed by atoms with E-state index in [0.29, 0.717) is 6.42 Å². The zero-order chi connectivity index (χ0) is 15.2. The number of carbonyl (C=O) groups excluding carboxylic acids is 2. The van der Waals surface area contributed by atoms with E-state index in [0.717, 1.165) is 42.7 Å². The maximum absolute atomic E-state index is 12.1. The Kier molecular flexibility index (Phi) is 5.33. The van der Waals surface area contributed by atoms with Gasteiger partial charge in [0.2, 0.25) is 11.8 Å².